The Balaban J connectivity index is 1.68. The minimum Gasteiger partial charge on any atom is -0.493 e. The summed E-state index contributed by atoms with van der Waals surface area (Å²) in [7, 11) is 0. The van der Waals surface area contributed by atoms with E-state index in [0.717, 1.165) is 12.0 Å². The summed E-state index contributed by atoms with van der Waals surface area (Å²) >= 11 is 0. The molecule has 2 N–H and O–H groups in total. The molecule has 0 fully saturated rings. The summed E-state index contributed by atoms with van der Waals surface area (Å²) in [6.45, 7) is 7.22. The third-order valence-corrected chi connectivity index (χ3v) is 5.87. The fraction of sp³-hybridized carbons (Fsp3) is 0.267. The van der Waals surface area contributed by atoms with Crippen LogP contribution in [0.3, 0.4) is 0 Å². The Morgan fingerprint density at radius 3 is 2.45 bits per heavy atom. The van der Waals surface area contributed by atoms with E-state index in [0.29, 0.717) is 53.9 Å². The molecular weight excluding hydrogens is 484 g/mol. The highest BCUT2D eigenvalue weighted by atomic mass is 16.5. The molecule has 1 aliphatic rings. The van der Waals surface area contributed by atoms with E-state index in [2.05, 4.69) is 6.07 Å². The fourth-order valence-electron chi connectivity index (χ4n) is 4.22. The summed E-state index contributed by atoms with van der Waals surface area (Å²) in [4.78, 5) is 13.0. The number of fused-ring (bicyclic) bond motifs is 1. The molecule has 4 rings (SSSR count). The van der Waals surface area contributed by atoms with E-state index in [1.165, 1.54) is 0 Å². The number of carbonyl (C=O) groups excluding carboxylic acids is 1. The SMILES string of the molecule is CCCOc1ccccc1C(=O)Oc1ccc2c(c1)OC(N)=C(C#N)C2c1ccc(OCC)c(OCC)c1. The van der Waals surface area contributed by atoms with Crippen LogP contribution in [0.15, 0.2) is 72.1 Å². The van der Waals surface area contributed by atoms with E-state index < -0.39 is 11.9 Å². The van der Waals surface area contributed by atoms with Gasteiger partial charge in [-0.05, 0) is 56.2 Å². The van der Waals surface area contributed by atoms with Gasteiger partial charge >= 0.3 is 5.97 Å². The summed E-state index contributed by atoms with van der Waals surface area (Å²) in [5, 5.41) is 9.91. The van der Waals surface area contributed by atoms with Crippen molar-refractivity contribution in [1.29, 1.82) is 5.26 Å². The molecular formula is C30H30N2O6. The first kappa shape index (κ1) is 26.4. The lowest BCUT2D eigenvalue weighted by Crippen LogP contribution is -2.21. The second-order valence-electron chi connectivity index (χ2n) is 8.43. The van der Waals surface area contributed by atoms with Gasteiger partial charge in [-0.15, -0.1) is 0 Å². The van der Waals surface area contributed by atoms with E-state index in [9.17, 15) is 10.1 Å². The highest BCUT2D eigenvalue weighted by Gasteiger charge is 2.32. The molecule has 8 heteroatoms. The molecule has 0 radical (unpaired) electrons. The lowest BCUT2D eigenvalue weighted by molar-refractivity contribution is 0.0730. The summed E-state index contributed by atoms with van der Waals surface area (Å²) in [5.41, 5.74) is 8.25. The molecule has 0 aliphatic carbocycles. The van der Waals surface area contributed by atoms with Crippen molar-refractivity contribution in [2.45, 2.75) is 33.1 Å². The average molecular weight is 515 g/mol. The molecule has 1 unspecified atom stereocenters. The van der Waals surface area contributed by atoms with Crippen LogP contribution in [0.1, 0.15) is 54.6 Å². The van der Waals surface area contributed by atoms with Crippen LogP contribution in [0.4, 0.5) is 0 Å². The molecule has 1 aliphatic heterocycles. The average Bonchev–Trinajstić information content (AvgIpc) is 2.92. The normalized spacial score (nSPS) is 14.1. The van der Waals surface area contributed by atoms with Crippen LogP contribution in [0.25, 0.3) is 0 Å². The van der Waals surface area contributed by atoms with Crippen molar-refractivity contribution in [2.24, 2.45) is 5.73 Å². The summed E-state index contributed by atoms with van der Waals surface area (Å²) < 4.78 is 28.6. The van der Waals surface area contributed by atoms with E-state index in [1.54, 1.807) is 42.5 Å². The Bertz CT molecular complexity index is 1390. The van der Waals surface area contributed by atoms with Gasteiger partial charge < -0.3 is 29.4 Å². The third-order valence-electron chi connectivity index (χ3n) is 5.87. The van der Waals surface area contributed by atoms with Crippen LogP contribution in [0.5, 0.6) is 28.7 Å². The Labute approximate surface area is 222 Å². The molecule has 3 aromatic rings. The lowest BCUT2D eigenvalue weighted by Gasteiger charge is -2.27. The highest BCUT2D eigenvalue weighted by Crippen LogP contribution is 2.45. The van der Waals surface area contributed by atoms with Gasteiger partial charge in [-0.2, -0.15) is 5.26 Å². The van der Waals surface area contributed by atoms with E-state index in [1.807, 2.05) is 39.0 Å². The van der Waals surface area contributed by atoms with Crippen molar-refractivity contribution in [1.82, 2.24) is 0 Å². The van der Waals surface area contributed by atoms with Gasteiger partial charge in [0, 0.05) is 11.6 Å². The lowest BCUT2D eigenvalue weighted by atomic mass is 9.83. The van der Waals surface area contributed by atoms with E-state index in [4.69, 9.17) is 29.4 Å². The zero-order valence-electron chi connectivity index (χ0n) is 21.7. The first-order chi connectivity index (χ1) is 18.5. The van der Waals surface area contributed by atoms with Crippen LogP contribution in [0.2, 0.25) is 0 Å². The maximum absolute atomic E-state index is 13.0. The van der Waals surface area contributed by atoms with E-state index >= 15 is 0 Å². The second-order valence-corrected chi connectivity index (χ2v) is 8.43. The van der Waals surface area contributed by atoms with Crippen molar-refractivity contribution in [3.8, 4) is 34.8 Å². The molecule has 1 heterocycles. The number of nitrogens with zero attached hydrogens (tertiary/aromatic N) is 1. The third kappa shape index (κ3) is 5.52. The van der Waals surface area contributed by atoms with Gasteiger partial charge in [-0.3, -0.25) is 0 Å². The minimum atomic E-state index is -0.557. The van der Waals surface area contributed by atoms with Crippen molar-refractivity contribution in [2.75, 3.05) is 19.8 Å². The maximum atomic E-state index is 13.0. The van der Waals surface area contributed by atoms with Gasteiger partial charge in [-0.1, -0.05) is 31.2 Å². The van der Waals surface area contributed by atoms with Crippen LogP contribution < -0.4 is 29.4 Å². The largest absolute Gasteiger partial charge is 0.493 e. The molecule has 196 valence electrons. The second kappa shape index (κ2) is 12.1. The van der Waals surface area contributed by atoms with Crippen LogP contribution in [-0.2, 0) is 0 Å². The fourth-order valence-corrected chi connectivity index (χ4v) is 4.22. The van der Waals surface area contributed by atoms with Gasteiger partial charge in [0.05, 0.1) is 25.7 Å². The Kier molecular flexibility index (Phi) is 8.39. The van der Waals surface area contributed by atoms with Crippen molar-refractivity contribution >= 4 is 5.97 Å². The Morgan fingerprint density at radius 1 is 0.947 bits per heavy atom. The molecule has 0 aromatic heterocycles. The molecule has 0 saturated carbocycles. The predicted molar refractivity (Wildman–Crippen MR) is 142 cm³/mol. The molecule has 0 bridgehead atoms. The smallest absolute Gasteiger partial charge is 0.347 e. The van der Waals surface area contributed by atoms with Crippen molar-refractivity contribution in [3.05, 3.63) is 88.8 Å². The number of ether oxygens (including phenoxy) is 5. The maximum Gasteiger partial charge on any atom is 0.347 e. The number of rotatable bonds is 10. The molecule has 0 saturated heterocycles. The van der Waals surface area contributed by atoms with Gasteiger partial charge in [0.1, 0.15) is 34.5 Å². The number of esters is 1. The summed E-state index contributed by atoms with van der Waals surface area (Å²) in [6.07, 6.45) is 0.812. The van der Waals surface area contributed by atoms with Crippen LogP contribution in [0, 0.1) is 11.3 Å². The highest BCUT2D eigenvalue weighted by molar-refractivity contribution is 5.94. The van der Waals surface area contributed by atoms with Crippen LogP contribution in [-0.4, -0.2) is 25.8 Å². The number of hydrogen-bond donors (Lipinski definition) is 1. The summed E-state index contributed by atoms with van der Waals surface area (Å²) in [5.74, 6) is 1.23. The first-order valence-electron chi connectivity index (χ1n) is 12.6. The Hall–Kier alpha value is -4.64. The van der Waals surface area contributed by atoms with Crippen molar-refractivity contribution < 1.29 is 28.5 Å². The number of nitriles is 1. The number of carbonyl (C=O) groups is 1. The molecule has 0 spiro atoms. The predicted octanol–water partition coefficient (Wildman–Crippen LogP) is 5.71. The number of allylic oxidation sites excluding steroid dienone is 1. The quantitative estimate of drug-likeness (QED) is 0.270. The van der Waals surface area contributed by atoms with Gasteiger partial charge in [-0.25, -0.2) is 4.79 Å². The zero-order chi connectivity index (χ0) is 27.1. The Morgan fingerprint density at radius 2 is 1.71 bits per heavy atom. The van der Waals surface area contributed by atoms with Gasteiger partial charge in [0.2, 0.25) is 5.88 Å². The minimum absolute atomic E-state index is 0.0152. The number of hydrogen-bond acceptors (Lipinski definition) is 8. The van der Waals surface area contributed by atoms with Crippen LogP contribution >= 0.6 is 0 Å². The molecule has 8 nitrogen and oxygen atoms in total. The summed E-state index contributed by atoms with van der Waals surface area (Å²) in [6, 6.07) is 19.7. The zero-order valence-corrected chi connectivity index (χ0v) is 21.7. The molecule has 38 heavy (non-hydrogen) atoms. The molecule has 3 aromatic carbocycles. The molecule has 0 amide bonds. The number of benzene rings is 3. The first-order valence-corrected chi connectivity index (χ1v) is 12.6. The number of nitrogens with two attached hydrogens (primary N) is 1. The molecule has 1 atom stereocenters. The van der Waals surface area contributed by atoms with Gasteiger partial charge in [0.25, 0.3) is 0 Å². The standard InChI is InChI=1S/C30H30N2O6/c1-4-15-36-24-10-8-7-9-22(24)30(33)37-20-12-13-21-26(17-20)38-29(32)23(18-31)28(21)19-11-14-25(34-5-2)27(16-19)35-6-3/h7-14,16-17,28H,4-6,15,32H2,1-3H3. The van der Waals surface area contributed by atoms with Gasteiger partial charge in [0.15, 0.2) is 11.5 Å². The number of para-hydroxylation sites is 1. The topological polar surface area (TPSA) is 113 Å². The monoisotopic (exact) mass is 514 g/mol. The van der Waals surface area contributed by atoms with E-state index in [-0.39, 0.29) is 17.2 Å². The van der Waals surface area contributed by atoms with Crippen molar-refractivity contribution in [3.63, 3.8) is 0 Å².